The van der Waals surface area contributed by atoms with Crippen LogP contribution in [0.25, 0.3) is 0 Å². The van der Waals surface area contributed by atoms with Gasteiger partial charge in [0.15, 0.2) is 0 Å². The highest BCUT2D eigenvalue weighted by Crippen LogP contribution is 2.08. The van der Waals surface area contributed by atoms with E-state index in [-0.39, 0.29) is 0 Å². The summed E-state index contributed by atoms with van der Waals surface area (Å²) in [7, 11) is 1.97. The van der Waals surface area contributed by atoms with Crippen LogP contribution >= 0.6 is 0 Å². The van der Waals surface area contributed by atoms with Crippen molar-refractivity contribution in [1.82, 2.24) is 24.9 Å². The van der Waals surface area contributed by atoms with Crippen LogP contribution in [0.15, 0.2) is 12.4 Å². The van der Waals surface area contributed by atoms with Gasteiger partial charge in [-0.25, -0.2) is 0 Å². The van der Waals surface area contributed by atoms with Crippen LogP contribution in [0.2, 0.25) is 0 Å². The van der Waals surface area contributed by atoms with Gasteiger partial charge in [0.1, 0.15) is 0 Å². The van der Waals surface area contributed by atoms with E-state index in [1.807, 2.05) is 28.8 Å². The Morgan fingerprint density at radius 1 is 1.06 bits per heavy atom. The third-order valence-corrected chi connectivity index (χ3v) is 3.47. The summed E-state index contributed by atoms with van der Waals surface area (Å²) in [5.74, 6) is 0. The molecule has 0 aliphatic rings. The van der Waals surface area contributed by atoms with Crippen molar-refractivity contribution in [1.29, 1.82) is 0 Å². The second-order valence-electron chi connectivity index (χ2n) is 4.55. The van der Waals surface area contributed by atoms with Crippen LogP contribution in [0.1, 0.15) is 29.4 Å². The van der Waals surface area contributed by atoms with Crippen molar-refractivity contribution in [3.05, 3.63) is 34.9 Å². The molecule has 0 saturated heterocycles. The minimum Gasteiger partial charge on any atom is -0.308 e. The van der Waals surface area contributed by atoms with Crippen LogP contribution in [0.3, 0.4) is 0 Å². The van der Waals surface area contributed by atoms with Gasteiger partial charge in [0.25, 0.3) is 0 Å². The lowest BCUT2D eigenvalue weighted by atomic mass is 10.2. The molecule has 0 spiro atoms. The zero-order chi connectivity index (χ0) is 13.1. The Hall–Kier alpha value is -1.62. The van der Waals surface area contributed by atoms with Gasteiger partial charge in [-0.15, -0.1) is 0 Å². The Morgan fingerprint density at radius 2 is 1.67 bits per heavy atom. The zero-order valence-corrected chi connectivity index (χ0v) is 11.6. The molecule has 18 heavy (non-hydrogen) atoms. The van der Waals surface area contributed by atoms with Gasteiger partial charge in [0.2, 0.25) is 0 Å². The lowest BCUT2D eigenvalue weighted by molar-refractivity contribution is 0.633. The molecule has 0 bridgehead atoms. The Balaban J connectivity index is 1.92. The molecule has 0 aromatic carbocycles. The Labute approximate surface area is 108 Å². The van der Waals surface area contributed by atoms with E-state index in [2.05, 4.69) is 36.3 Å². The lowest BCUT2D eigenvalue weighted by Gasteiger charge is -2.05. The van der Waals surface area contributed by atoms with E-state index in [0.717, 1.165) is 19.6 Å². The van der Waals surface area contributed by atoms with Crippen LogP contribution in [0.5, 0.6) is 0 Å². The average Bonchev–Trinajstić information content (AvgIpc) is 2.87. The van der Waals surface area contributed by atoms with Gasteiger partial charge in [-0.05, 0) is 20.8 Å². The summed E-state index contributed by atoms with van der Waals surface area (Å²) in [6.45, 7) is 8.92. The second-order valence-corrected chi connectivity index (χ2v) is 4.55. The van der Waals surface area contributed by atoms with E-state index in [1.54, 1.807) is 0 Å². The zero-order valence-electron chi connectivity index (χ0n) is 11.6. The standard InChI is InChI=1S/C13H21N5/c1-5-18-11(3)13(9-16-18)7-14-6-12-8-15-17(4)10(12)2/h8-9,14H,5-7H2,1-4H3. The van der Waals surface area contributed by atoms with Crippen LogP contribution in [0.4, 0.5) is 0 Å². The van der Waals surface area contributed by atoms with Crippen molar-refractivity contribution in [2.24, 2.45) is 7.05 Å². The number of hydrogen-bond donors (Lipinski definition) is 1. The highest BCUT2D eigenvalue weighted by atomic mass is 15.3. The van der Waals surface area contributed by atoms with Gasteiger partial charge in [0.05, 0.1) is 12.4 Å². The Morgan fingerprint density at radius 3 is 2.17 bits per heavy atom. The normalized spacial score (nSPS) is 11.1. The molecule has 5 nitrogen and oxygen atoms in total. The molecule has 0 atom stereocenters. The van der Waals surface area contributed by atoms with Gasteiger partial charge in [-0.3, -0.25) is 9.36 Å². The fourth-order valence-corrected chi connectivity index (χ4v) is 2.03. The molecule has 0 fully saturated rings. The number of aromatic nitrogens is 4. The van der Waals surface area contributed by atoms with Gasteiger partial charge in [-0.2, -0.15) is 10.2 Å². The van der Waals surface area contributed by atoms with Crippen LogP contribution in [0, 0.1) is 13.8 Å². The van der Waals surface area contributed by atoms with Crippen LogP contribution in [-0.2, 0) is 26.7 Å². The summed E-state index contributed by atoms with van der Waals surface area (Å²) in [4.78, 5) is 0. The molecule has 2 heterocycles. The fraction of sp³-hybridized carbons (Fsp3) is 0.538. The van der Waals surface area contributed by atoms with E-state index in [1.165, 1.54) is 22.5 Å². The summed E-state index contributed by atoms with van der Waals surface area (Å²) in [6, 6.07) is 0. The third kappa shape index (κ3) is 2.46. The van der Waals surface area contributed by atoms with E-state index in [4.69, 9.17) is 0 Å². The van der Waals surface area contributed by atoms with Crippen molar-refractivity contribution in [2.45, 2.75) is 40.4 Å². The van der Waals surface area contributed by atoms with Gasteiger partial charge >= 0.3 is 0 Å². The number of nitrogens with one attached hydrogen (secondary N) is 1. The molecule has 1 N–H and O–H groups in total. The van der Waals surface area contributed by atoms with Crippen LogP contribution in [-0.4, -0.2) is 19.6 Å². The predicted octanol–water partition coefficient (Wildman–Crippen LogP) is 1.54. The summed E-state index contributed by atoms with van der Waals surface area (Å²) < 4.78 is 3.92. The van der Waals surface area contributed by atoms with Gasteiger partial charge in [0, 0.05) is 49.2 Å². The maximum atomic E-state index is 4.34. The summed E-state index contributed by atoms with van der Waals surface area (Å²) in [5.41, 5.74) is 4.97. The quantitative estimate of drug-likeness (QED) is 0.872. The molecular formula is C13H21N5. The van der Waals surface area contributed by atoms with Gasteiger partial charge in [-0.1, -0.05) is 0 Å². The summed E-state index contributed by atoms with van der Waals surface area (Å²) in [5, 5.41) is 12.0. The minimum atomic E-state index is 0.844. The molecule has 98 valence electrons. The lowest BCUT2D eigenvalue weighted by Crippen LogP contribution is -2.14. The van der Waals surface area contributed by atoms with Crippen molar-refractivity contribution in [3.63, 3.8) is 0 Å². The molecular weight excluding hydrogens is 226 g/mol. The van der Waals surface area contributed by atoms with E-state index in [0.29, 0.717) is 0 Å². The first-order valence-electron chi connectivity index (χ1n) is 6.33. The third-order valence-electron chi connectivity index (χ3n) is 3.47. The number of hydrogen-bond acceptors (Lipinski definition) is 3. The van der Waals surface area contributed by atoms with E-state index >= 15 is 0 Å². The van der Waals surface area contributed by atoms with Crippen molar-refractivity contribution >= 4 is 0 Å². The first-order chi connectivity index (χ1) is 8.63. The monoisotopic (exact) mass is 247 g/mol. The number of rotatable bonds is 5. The molecule has 0 amide bonds. The second kappa shape index (κ2) is 5.35. The van der Waals surface area contributed by atoms with Crippen LogP contribution < -0.4 is 5.32 Å². The van der Waals surface area contributed by atoms with Gasteiger partial charge < -0.3 is 5.32 Å². The smallest absolute Gasteiger partial charge is 0.0537 e. The molecule has 0 aliphatic heterocycles. The van der Waals surface area contributed by atoms with Crippen molar-refractivity contribution in [3.8, 4) is 0 Å². The van der Waals surface area contributed by atoms with Crippen molar-refractivity contribution in [2.75, 3.05) is 0 Å². The Bertz CT molecular complexity index is 523. The first-order valence-corrected chi connectivity index (χ1v) is 6.33. The maximum Gasteiger partial charge on any atom is 0.0537 e. The predicted molar refractivity (Wildman–Crippen MR) is 71.1 cm³/mol. The highest BCUT2D eigenvalue weighted by Gasteiger charge is 2.06. The maximum absolute atomic E-state index is 4.34. The molecule has 2 rings (SSSR count). The molecule has 0 radical (unpaired) electrons. The average molecular weight is 247 g/mol. The Kier molecular flexibility index (Phi) is 3.81. The molecule has 0 aliphatic carbocycles. The van der Waals surface area contributed by atoms with E-state index in [9.17, 15) is 0 Å². The molecule has 2 aromatic rings. The molecule has 5 heteroatoms. The van der Waals surface area contributed by atoms with E-state index < -0.39 is 0 Å². The molecule has 0 saturated carbocycles. The summed E-state index contributed by atoms with van der Waals surface area (Å²) >= 11 is 0. The van der Waals surface area contributed by atoms with Crippen molar-refractivity contribution < 1.29 is 0 Å². The summed E-state index contributed by atoms with van der Waals surface area (Å²) in [6.07, 6.45) is 3.87. The largest absolute Gasteiger partial charge is 0.308 e. The fourth-order valence-electron chi connectivity index (χ4n) is 2.03. The molecule has 0 unspecified atom stereocenters. The number of aryl methyl sites for hydroxylation is 2. The topological polar surface area (TPSA) is 47.7 Å². The number of nitrogens with zero attached hydrogens (tertiary/aromatic N) is 4. The minimum absolute atomic E-state index is 0.844. The SMILES string of the molecule is CCn1ncc(CNCc2cnn(C)c2C)c1C. The first kappa shape index (κ1) is 12.8. The highest BCUT2D eigenvalue weighted by molar-refractivity contribution is 5.18. The molecule has 2 aromatic heterocycles.